The quantitative estimate of drug-likeness (QED) is 0.649. The van der Waals surface area contributed by atoms with Crippen molar-refractivity contribution in [3.05, 3.63) is 53.6 Å². The minimum absolute atomic E-state index is 0.0246. The molecule has 0 unspecified atom stereocenters. The van der Waals surface area contributed by atoms with E-state index in [0.29, 0.717) is 13.0 Å². The zero-order valence-electron chi connectivity index (χ0n) is 20.0. The molecule has 2 aromatic carbocycles. The van der Waals surface area contributed by atoms with E-state index in [1.807, 2.05) is 38.1 Å². The van der Waals surface area contributed by atoms with E-state index in [-0.39, 0.29) is 34.6 Å². The Morgan fingerprint density at radius 3 is 2.44 bits per heavy atom. The van der Waals surface area contributed by atoms with E-state index in [2.05, 4.69) is 10.0 Å². The van der Waals surface area contributed by atoms with Gasteiger partial charge >= 0.3 is 0 Å². The van der Waals surface area contributed by atoms with Crippen LogP contribution in [0, 0.1) is 18.8 Å². The van der Waals surface area contributed by atoms with Crippen LogP contribution in [0.15, 0.2) is 47.4 Å². The molecule has 2 amide bonds. The monoisotopic (exact) mass is 483 g/mol. The molecule has 182 valence electrons. The van der Waals surface area contributed by atoms with Crippen molar-refractivity contribution in [1.82, 2.24) is 4.72 Å². The number of hydrogen-bond donors (Lipinski definition) is 2. The predicted molar refractivity (Wildman–Crippen MR) is 133 cm³/mol. The second-order valence-electron chi connectivity index (χ2n) is 9.61. The first-order valence-corrected chi connectivity index (χ1v) is 13.4. The number of nitrogens with one attached hydrogen (secondary N) is 2. The molecule has 1 fully saturated rings. The Hall–Kier alpha value is -2.71. The molecule has 0 spiro atoms. The normalized spacial score (nSPS) is 22.3. The number of carbonyl (C=O) groups is 2. The van der Waals surface area contributed by atoms with Gasteiger partial charge in [0, 0.05) is 36.8 Å². The molecule has 34 heavy (non-hydrogen) atoms. The number of fused-ring (bicyclic) bond motifs is 1. The number of nitrogens with zero attached hydrogens (tertiary/aromatic N) is 1. The molecule has 1 heterocycles. The first kappa shape index (κ1) is 24.4. The van der Waals surface area contributed by atoms with E-state index in [4.69, 9.17) is 0 Å². The van der Waals surface area contributed by atoms with Crippen molar-refractivity contribution < 1.29 is 18.0 Å². The number of amides is 2. The van der Waals surface area contributed by atoms with Gasteiger partial charge in [-0.25, -0.2) is 13.1 Å². The summed E-state index contributed by atoms with van der Waals surface area (Å²) in [4.78, 5) is 26.5. The number of rotatable bonds is 6. The molecule has 4 rings (SSSR count). The fourth-order valence-electron chi connectivity index (χ4n) is 5.14. The SMILES string of the molecule is CC(=O)N1c2ccc(S(=O)(=O)NCC3CCC(C(=O)Nc4ccccc4C)CC3)cc2C[C@H]1C. The third kappa shape index (κ3) is 5.18. The zero-order chi connectivity index (χ0) is 24.5. The lowest BCUT2D eigenvalue weighted by Gasteiger charge is -2.28. The van der Waals surface area contributed by atoms with E-state index in [1.165, 1.54) is 6.92 Å². The van der Waals surface area contributed by atoms with Crippen LogP contribution in [-0.2, 0) is 26.0 Å². The lowest BCUT2D eigenvalue weighted by atomic mass is 9.81. The van der Waals surface area contributed by atoms with Crippen molar-refractivity contribution in [3.63, 3.8) is 0 Å². The summed E-state index contributed by atoms with van der Waals surface area (Å²) >= 11 is 0. The Bertz CT molecular complexity index is 1190. The van der Waals surface area contributed by atoms with E-state index in [9.17, 15) is 18.0 Å². The summed E-state index contributed by atoms with van der Waals surface area (Å²) in [5, 5.41) is 3.03. The van der Waals surface area contributed by atoms with E-state index >= 15 is 0 Å². The molecular weight excluding hydrogens is 450 g/mol. The largest absolute Gasteiger partial charge is 0.326 e. The Balaban J connectivity index is 1.31. The summed E-state index contributed by atoms with van der Waals surface area (Å²) in [6, 6.07) is 12.7. The van der Waals surface area contributed by atoms with Gasteiger partial charge in [-0.2, -0.15) is 0 Å². The molecule has 1 atom stereocenters. The fraction of sp³-hybridized carbons (Fsp3) is 0.462. The molecule has 0 aromatic heterocycles. The molecule has 2 aromatic rings. The highest BCUT2D eigenvalue weighted by Gasteiger charge is 2.31. The Morgan fingerprint density at radius 1 is 1.06 bits per heavy atom. The summed E-state index contributed by atoms with van der Waals surface area (Å²) in [6.45, 7) is 5.82. The zero-order valence-corrected chi connectivity index (χ0v) is 20.8. The van der Waals surface area contributed by atoms with Gasteiger partial charge in [0.2, 0.25) is 21.8 Å². The van der Waals surface area contributed by atoms with Crippen LogP contribution >= 0.6 is 0 Å². The molecular formula is C26H33N3O4S. The summed E-state index contributed by atoms with van der Waals surface area (Å²) in [6.07, 6.45) is 3.77. The highest BCUT2D eigenvalue weighted by Crippen LogP contribution is 2.34. The van der Waals surface area contributed by atoms with Gasteiger partial charge in [-0.05, 0) is 87.3 Å². The van der Waals surface area contributed by atoms with Crippen LogP contribution in [0.4, 0.5) is 11.4 Å². The van der Waals surface area contributed by atoms with Gasteiger partial charge in [-0.1, -0.05) is 18.2 Å². The fourth-order valence-corrected chi connectivity index (χ4v) is 6.31. The molecule has 0 bridgehead atoms. The van der Waals surface area contributed by atoms with Crippen LogP contribution in [-0.4, -0.2) is 32.8 Å². The summed E-state index contributed by atoms with van der Waals surface area (Å²) in [7, 11) is -3.64. The highest BCUT2D eigenvalue weighted by molar-refractivity contribution is 7.89. The number of sulfonamides is 1. The van der Waals surface area contributed by atoms with E-state index < -0.39 is 10.0 Å². The average Bonchev–Trinajstić information content (AvgIpc) is 3.14. The predicted octanol–water partition coefficient (Wildman–Crippen LogP) is 4.02. The van der Waals surface area contributed by atoms with Crippen molar-refractivity contribution in [1.29, 1.82) is 0 Å². The van der Waals surface area contributed by atoms with Crippen molar-refractivity contribution in [2.75, 3.05) is 16.8 Å². The molecule has 1 saturated carbocycles. The van der Waals surface area contributed by atoms with E-state index in [0.717, 1.165) is 48.2 Å². The Kier molecular flexibility index (Phi) is 7.09. The topological polar surface area (TPSA) is 95.6 Å². The van der Waals surface area contributed by atoms with E-state index in [1.54, 1.807) is 23.1 Å². The summed E-state index contributed by atoms with van der Waals surface area (Å²) < 4.78 is 28.6. The third-order valence-corrected chi connectivity index (χ3v) is 8.52. The molecule has 2 aliphatic rings. The van der Waals surface area contributed by atoms with Crippen LogP contribution in [0.2, 0.25) is 0 Å². The average molecular weight is 484 g/mol. The first-order chi connectivity index (χ1) is 16.2. The second kappa shape index (κ2) is 9.88. The molecule has 0 saturated heterocycles. The second-order valence-corrected chi connectivity index (χ2v) is 11.4. The Labute approximate surface area is 202 Å². The Morgan fingerprint density at radius 2 is 1.76 bits per heavy atom. The van der Waals surface area contributed by atoms with Gasteiger partial charge in [-0.3, -0.25) is 9.59 Å². The number of carbonyl (C=O) groups excluding carboxylic acids is 2. The van der Waals surface area contributed by atoms with Crippen molar-refractivity contribution in [3.8, 4) is 0 Å². The number of para-hydroxylation sites is 1. The van der Waals surface area contributed by atoms with Gasteiger partial charge < -0.3 is 10.2 Å². The number of hydrogen-bond acceptors (Lipinski definition) is 4. The van der Waals surface area contributed by atoms with Crippen LogP contribution in [0.25, 0.3) is 0 Å². The van der Waals surface area contributed by atoms with Crippen molar-refractivity contribution in [2.45, 2.75) is 63.8 Å². The van der Waals surface area contributed by atoms with Gasteiger partial charge in [0.05, 0.1) is 4.90 Å². The van der Waals surface area contributed by atoms with Gasteiger partial charge in [-0.15, -0.1) is 0 Å². The van der Waals surface area contributed by atoms with Crippen LogP contribution in [0.5, 0.6) is 0 Å². The third-order valence-electron chi connectivity index (χ3n) is 7.10. The smallest absolute Gasteiger partial charge is 0.240 e. The minimum atomic E-state index is -3.64. The van der Waals surface area contributed by atoms with Crippen molar-refractivity contribution in [2.24, 2.45) is 11.8 Å². The van der Waals surface area contributed by atoms with Crippen LogP contribution in [0.3, 0.4) is 0 Å². The summed E-state index contributed by atoms with van der Waals surface area (Å²) in [5.41, 5.74) is 3.55. The lowest BCUT2D eigenvalue weighted by molar-refractivity contribution is -0.121. The van der Waals surface area contributed by atoms with Gasteiger partial charge in [0.25, 0.3) is 0 Å². The maximum absolute atomic E-state index is 12.9. The number of anilines is 2. The lowest BCUT2D eigenvalue weighted by Crippen LogP contribution is -2.34. The van der Waals surface area contributed by atoms with Crippen LogP contribution in [0.1, 0.15) is 50.7 Å². The molecule has 1 aliphatic heterocycles. The van der Waals surface area contributed by atoms with Crippen molar-refractivity contribution >= 4 is 33.2 Å². The molecule has 0 radical (unpaired) electrons. The molecule has 8 heteroatoms. The van der Waals surface area contributed by atoms with Gasteiger partial charge in [0.1, 0.15) is 0 Å². The maximum atomic E-state index is 12.9. The first-order valence-electron chi connectivity index (χ1n) is 11.9. The standard InChI is InChI=1S/C26H33N3O4S/c1-17-6-4-5-7-24(17)28-26(31)21-10-8-20(9-11-21)16-27-34(32,33)23-12-13-25-22(15-23)14-18(2)29(25)19(3)30/h4-7,12-13,15,18,20-21,27H,8-11,14,16H2,1-3H3,(H,28,31)/t18-,20?,21?/m1/s1. The van der Waals surface area contributed by atoms with Gasteiger partial charge in [0.15, 0.2) is 0 Å². The number of aryl methyl sites for hydroxylation is 1. The molecule has 7 nitrogen and oxygen atoms in total. The molecule has 2 N–H and O–H groups in total. The maximum Gasteiger partial charge on any atom is 0.240 e. The minimum Gasteiger partial charge on any atom is -0.326 e. The number of benzene rings is 2. The molecule has 1 aliphatic carbocycles. The van der Waals surface area contributed by atoms with Crippen LogP contribution < -0.4 is 14.9 Å². The highest BCUT2D eigenvalue weighted by atomic mass is 32.2. The summed E-state index contributed by atoms with van der Waals surface area (Å²) in [5.74, 6) is 0.166.